The van der Waals surface area contributed by atoms with Gasteiger partial charge in [-0.1, -0.05) is 13.0 Å². The molecule has 2 atom stereocenters. The molecule has 2 fully saturated rings. The van der Waals surface area contributed by atoms with Gasteiger partial charge in [-0.3, -0.25) is 14.4 Å². The van der Waals surface area contributed by atoms with Gasteiger partial charge >= 0.3 is 0 Å². The fourth-order valence-corrected chi connectivity index (χ4v) is 3.71. The van der Waals surface area contributed by atoms with Gasteiger partial charge in [-0.15, -0.1) is 0 Å². The Morgan fingerprint density at radius 3 is 2.52 bits per heavy atom. The van der Waals surface area contributed by atoms with Crippen LogP contribution in [0.1, 0.15) is 47.1 Å². The number of benzene rings is 1. The number of furan rings is 1. The van der Waals surface area contributed by atoms with Gasteiger partial charge in [-0.25, -0.2) is 0 Å². The molecule has 0 radical (unpaired) electrons. The van der Waals surface area contributed by atoms with Crippen molar-refractivity contribution in [2.75, 3.05) is 18.4 Å². The Balaban J connectivity index is 1.29. The number of carbonyl (C=O) groups excluding carboxylic acids is 3. The number of carbonyl (C=O) groups is 3. The molecular formula is C22H25N3O4. The minimum Gasteiger partial charge on any atom is -0.459 e. The van der Waals surface area contributed by atoms with Crippen LogP contribution in [0, 0.1) is 11.8 Å². The summed E-state index contributed by atoms with van der Waals surface area (Å²) >= 11 is 0. The predicted octanol–water partition coefficient (Wildman–Crippen LogP) is 2.91. The highest BCUT2D eigenvalue weighted by molar-refractivity contribution is 5.98. The minimum absolute atomic E-state index is 0.00807. The molecule has 1 aromatic carbocycles. The number of nitrogens with zero attached hydrogens (tertiary/aromatic N) is 1. The van der Waals surface area contributed by atoms with Gasteiger partial charge in [0.25, 0.3) is 11.8 Å². The Morgan fingerprint density at radius 1 is 1.10 bits per heavy atom. The molecule has 7 heteroatoms. The van der Waals surface area contributed by atoms with Crippen LogP contribution in [0.15, 0.2) is 47.1 Å². The summed E-state index contributed by atoms with van der Waals surface area (Å²) in [6, 6.07) is 10.4. The van der Waals surface area contributed by atoms with Crippen LogP contribution >= 0.6 is 0 Å². The summed E-state index contributed by atoms with van der Waals surface area (Å²) < 4.78 is 5.17. The van der Waals surface area contributed by atoms with Crippen LogP contribution in [0.2, 0.25) is 0 Å². The van der Waals surface area contributed by atoms with E-state index in [2.05, 4.69) is 17.6 Å². The van der Waals surface area contributed by atoms with Crippen molar-refractivity contribution in [3.8, 4) is 0 Å². The maximum atomic E-state index is 12.6. The molecular weight excluding hydrogens is 370 g/mol. The molecule has 2 aromatic rings. The van der Waals surface area contributed by atoms with E-state index in [1.54, 1.807) is 41.3 Å². The lowest BCUT2D eigenvalue weighted by atomic mass is 10.0. The lowest BCUT2D eigenvalue weighted by Crippen LogP contribution is -2.46. The number of hydrogen-bond acceptors (Lipinski definition) is 4. The van der Waals surface area contributed by atoms with E-state index in [1.165, 1.54) is 6.26 Å². The lowest BCUT2D eigenvalue weighted by Gasteiger charge is -2.31. The first-order valence-electron chi connectivity index (χ1n) is 10.1. The summed E-state index contributed by atoms with van der Waals surface area (Å²) in [4.78, 5) is 38.8. The number of piperidine rings is 1. The summed E-state index contributed by atoms with van der Waals surface area (Å²) in [6.07, 6.45) is 3.79. The second-order valence-electron chi connectivity index (χ2n) is 7.91. The molecule has 0 bridgehead atoms. The average molecular weight is 395 g/mol. The van der Waals surface area contributed by atoms with E-state index in [-0.39, 0.29) is 29.7 Å². The smallest absolute Gasteiger partial charge is 0.289 e. The molecule has 1 aromatic heterocycles. The zero-order chi connectivity index (χ0) is 20.4. The highest BCUT2D eigenvalue weighted by atomic mass is 16.3. The molecule has 152 valence electrons. The molecule has 4 rings (SSSR count). The Bertz CT molecular complexity index is 901. The first kappa shape index (κ1) is 19.2. The van der Waals surface area contributed by atoms with Gasteiger partial charge in [0.15, 0.2) is 5.76 Å². The van der Waals surface area contributed by atoms with Gasteiger partial charge in [0.2, 0.25) is 5.91 Å². The predicted molar refractivity (Wildman–Crippen MR) is 107 cm³/mol. The van der Waals surface area contributed by atoms with Crippen molar-refractivity contribution in [2.24, 2.45) is 11.8 Å². The third-order valence-corrected chi connectivity index (χ3v) is 5.69. The molecule has 1 saturated carbocycles. The van der Waals surface area contributed by atoms with Gasteiger partial charge in [0.1, 0.15) is 0 Å². The van der Waals surface area contributed by atoms with Crippen molar-refractivity contribution < 1.29 is 18.8 Å². The van der Waals surface area contributed by atoms with Gasteiger partial charge in [0, 0.05) is 36.3 Å². The third-order valence-electron chi connectivity index (χ3n) is 5.69. The van der Waals surface area contributed by atoms with E-state index in [0.29, 0.717) is 48.9 Å². The molecule has 2 heterocycles. The topological polar surface area (TPSA) is 91.7 Å². The zero-order valence-electron chi connectivity index (χ0n) is 16.4. The van der Waals surface area contributed by atoms with E-state index in [0.717, 1.165) is 6.42 Å². The molecule has 0 spiro atoms. The fraction of sp³-hybridized carbons (Fsp3) is 0.409. The number of amides is 3. The Labute approximate surface area is 169 Å². The summed E-state index contributed by atoms with van der Waals surface area (Å²) in [6.45, 7) is 3.20. The van der Waals surface area contributed by atoms with Crippen LogP contribution in [0.5, 0.6) is 0 Å². The first-order valence-corrected chi connectivity index (χ1v) is 10.1. The summed E-state index contributed by atoms with van der Waals surface area (Å²) in [7, 11) is 0. The molecule has 2 unspecified atom stereocenters. The standard InChI is InChI=1S/C22H25N3O4/c1-14-12-18(14)21(27)24-17-5-2-4-15(13-17)20(26)23-16-7-9-25(10-8-16)22(28)19-6-3-11-29-19/h2-6,11,13-14,16,18H,7-10,12H2,1H3,(H,23,26)(H,24,27). The van der Waals surface area contributed by atoms with Crippen LogP contribution in [0.3, 0.4) is 0 Å². The summed E-state index contributed by atoms with van der Waals surface area (Å²) in [5.41, 5.74) is 1.15. The van der Waals surface area contributed by atoms with Crippen molar-refractivity contribution >= 4 is 23.4 Å². The lowest BCUT2D eigenvalue weighted by molar-refractivity contribution is -0.117. The number of hydrogen-bond donors (Lipinski definition) is 2. The van der Waals surface area contributed by atoms with Gasteiger partial charge < -0.3 is 20.0 Å². The summed E-state index contributed by atoms with van der Waals surface area (Å²) in [5, 5.41) is 5.93. The van der Waals surface area contributed by atoms with E-state index >= 15 is 0 Å². The molecule has 1 aliphatic carbocycles. The number of nitrogens with one attached hydrogen (secondary N) is 2. The first-order chi connectivity index (χ1) is 14.0. The van der Waals surface area contributed by atoms with Crippen molar-refractivity contribution in [3.63, 3.8) is 0 Å². The molecule has 1 saturated heterocycles. The van der Waals surface area contributed by atoms with Crippen LogP contribution in [0.4, 0.5) is 5.69 Å². The van der Waals surface area contributed by atoms with Crippen molar-refractivity contribution in [1.82, 2.24) is 10.2 Å². The summed E-state index contributed by atoms with van der Waals surface area (Å²) in [5.74, 6) is 0.592. The van der Waals surface area contributed by atoms with Gasteiger partial charge in [-0.2, -0.15) is 0 Å². The molecule has 7 nitrogen and oxygen atoms in total. The molecule has 29 heavy (non-hydrogen) atoms. The van der Waals surface area contributed by atoms with E-state index in [9.17, 15) is 14.4 Å². The fourth-order valence-electron chi connectivity index (χ4n) is 3.71. The second-order valence-corrected chi connectivity index (χ2v) is 7.91. The monoisotopic (exact) mass is 395 g/mol. The quantitative estimate of drug-likeness (QED) is 0.814. The van der Waals surface area contributed by atoms with Gasteiger partial charge in [0.05, 0.1) is 6.26 Å². The molecule has 1 aliphatic heterocycles. The minimum atomic E-state index is -0.170. The van der Waals surface area contributed by atoms with Crippen LogP contribution in [-0.2, 0) is 4.79 Å². The van der Waals surface area contributed by atoms with E-state index in [1.807, 2.05) is 0 Å². The number of rotatable bonds is 5. The molecule has 3 amide bonds. The van der Waals surface area contributed by atoms with Crippen molar-refractivity contribution in [2.45, 2.75) is 32.2 Å². The third kappa shape index (κ3) is 4.50. The van der Waals surface area contributed by atoms with Crippen LogP contribution in [0.25, 0.3) is 0 Å². The Kier molecular flexibility index (Phi) is 5.38. The SMILES string of the molecule is CC1CC1C(=O)Nc1cccc(C(=O)NC2CCN(C(=O)c3ccco3)CC2)c1. The van der Waals surface area contributed by atoms with Gasteiger partial charge in [-0.05, 0) is 55.5 Å². The second kappa shape index (κ2) is 8.11. The van der Waals surface area contributed by atoms with Crippen LogP contribution < -0.4 is 10.6 Å². The highest BCUT2D eigenvalue weighted by Gasteiger charge is 2.39. The average Bonchev–Trinajstić information content (AvgIpc) is 3.23. The zero-order valence-corrected chi connectivity index (χ0v) is 16.4. The Hall–Kier alpha value is -3.09. The Morgan fingerprint density at radius 2 is 1.86 bits per heavy atom. The number of likely N-dealkylation sites (tertiary alicyclic amines) is 1. The van der Waals surface area contributed by atoms with Crippen LogP contribution in [-0.4, -0.2) is 41.8 Å². The van der Waals surface area contributed by atoms with Crippen molar-refractivity contribution in [1.29, 1.82) is 0 Å². The van der Waals surface area contributed by atoms with E-state index < -0.39 is 0 Å². The number of anilines is 1. The van der Waals surface area contributed by atoms with E-state index in [4.69, 9.17) is 4.42 Å². The highest BCUT2D eigenvalue weighted by Crippen LogP contribution is 2.38. The largest absolute Gasteiger partial charge is 0.459 e. The molecule has 2 aliphatic rings. The maximum absolute atomic E-state index is 12.6. The van der Waals surface area contributed by atoms with Crippen molar-refractivity contribution in [3.05, 3.63) is 54.0 Å². The normalized spacial score (nSPS) is 21.5. The molecule has 2 N–H and O–H groups in total. The maximum Gasteiger partial charge on any atom is 0.289 e.